The van der Waals surface area contributed by atoms with Crippen molar-refractivity contribution in [3.05, 3.63) is 48.0 Å². The van der Waals surface area contributed by atoms with Crippen LogP contribution in [0, 0.1) is 5.92 Å². The topological polar surface area (TPSA) is 29.3 Å². The smallest absolute Gasteiger partial charge is 0.276 e. The summed E-state index contributed by atoms with van der Waals surface area (Å²) in [7, 11) is 0. The minimum atomic E-state index is -2.79. The highest BCUT2D eigenvalue weighted by Gasteiger charge is 2.42. The molecule has 2 N–H and O–H groups in total. The molecule has 1 unspecified atom stereocenters. The summed E-state index contributed by atoms with van der Waals surface area (Å²) in [5.74, 6) is -3.38. The van der Waals surface area contributed by atoms with E-state index >= 15 is 0 Å². The van der Waals surface area contributed by atoms with Crippen LogP contribution in [-0.2, 0) is 5.92 Å². The fraction of sp³-hybridized carbons (Fsp3) is 0.529. The lowest BCUT2D eigenvalue weighted by Crippen LogP contribution is -2.39. The maximum atomic E-state index is 14.7. The minimum absolute atomic E-state index is 0.0967. The number of alkyl halides is 2. The first-order valence-corrected chi connectivity index (χ1v) is 7.52. The van der Waals surface area contributed by atoms with E-state index in [-0.39, 0.29) is 11.6 Å². The molecule has 0 aromatic heterocycles. The van der Waals surface area contributed by atoms with Crippen molar-refractivity contribution in [3.8, 4) is 0 Å². The van der Waals surface area contributed by atoms with Gasteiger partial charge in [-0.25, -0.2) is 8.78 Å². The van der Waals surface area contributed by atoms with Crippen LogP contribution in [0.4, 0.5) is 8.78 Å². The minimum Gasteiger partial charge on any atom is -0.324 e. The predicted octanol–water partition coefficient (Wildman–Crippen LogP) is 3.70. The molecule has 1 aliphatic heterocycles. The molecule has 2 nitrogen and oxygen atoms in total. The Labute approximate surface area is 125 Å². The Bertz CT molecular complexity index is 477. The van der Waals surface area contributed by atoms with Crippen molar-refractivity contribution in [2.24, 2.45) is 11.7 Å². The Morgan fingerprint density at radius 1 is 1.43 bits per heavy atom. The molecule has 116 valence electrons. The largest absolute Gasteiger partial charge is 0.324 e. The van der Waals surface area contributed by atoms with Crippen LogP contribution < -0.4 is 5.73 Å². The van der Waals surface area contributed by atoms with Crippen molar-refractivity contribution < 1.29 is 8.78 Å². The zero-order valence-corrected chi connectivity index (χ0v) is 12.6. The van der Waals surface area contributed by atoms with Crippen LogP contribution >= 0.6 is 0 Å². The highest BCUT2D eigenvalue weighted by molar-refractivity contribution is 5.29. The molecule has 1 aromatic rings. The van der Waals surface area contributed by atoms with Crippen molar-refractivity contribution in [2.75, 3.05) is 19.6 Å². The number of nitrogens with zero attached hydrogens (tertiary/aromatic N) is 1. The fourth-order valence-electron chi connectivity index (χ4n) is 2.93. The van der Waals surface area contributed by atoms with Crippen LogP contribution in [0.5, 0.6) is 0 Å². The number of benzene rings is 1. The molecule has 0 amide bonds. The second kappa shape index (κ2) is 6.67. The molecular weight excluding hydrogens is 270 g/mol. The Morgan fingerprint density at radius 2 is 2.10 bits per heavy atom. The van der Waals surface area contributed by atoms with E-state index in [4.69, 9.17) is 5.73 Å². The summed E-state index contributed by atoms with van der Waals surface area (Å²) < 4.78 is 29.4. The van der Waals surface area contributed by atoms with Gasteiger partial charge in [-0.1, -0.05) is 24.3 Å². The number of likely N-dealkylation sites (tertiary alicyclic amines) is 1. The van der Waals surface area contributed by atoms with Crippen LogP contribution in [0.2, 0.25) is 0 Å². The highest BCUT2D eigenvalue weighted by Crippen LogP contribution is 2.41. The molecule has 1 fully saturated rings. The average molecular weight is 294 g/mol. The van der Waals surface area contributed by atoms with Crippen molar-refractivity contribution in [2.45, 2.75) is 31.7 Å². The highest BCUT2D eigenvalue weighted by atomic mass is 19.3. The van der Waals surface area contributed by atoms with E-state index < -0.39 is 11.8 Å². The Hall–Kier alpha value is -1.26. The summed E-state index contributed by atoms with van der Waals surface area (Å²) in [5, 5.41) is 0. The number of halogens is 2. The first kappa shape index (κ1) is 16.1. The molecular formula is C17H24F2N2. The summed E-state index contributed by atoms with van der Waals surface area (Å²) in [4.78, 5) is 2.16. The second-order valence-electron chi connectivity index (χ2n) is 5.90. The molecule has 0 radical (unpaired) electrons. The third kappa shape index (κ3) is 3.69. The van der Waals surface area contributed by atoms with Gasteiger partial charge in [0, 0.05) is 24.1 Å². The zero-order chi connectivity index (χ0) is 15.5. The van der Waals surface area contributed by atoms with Crippen molar-refractivity contribution in [1.82, 2.24) is 4.90 Å². The predicted molar refractivity (Wildman–Crippen MR) is 82.3 cm³/mol. The molecule has 1 heterocycles. The van der Waals surface area contributed by atoms with Crippen LogP contribution in [0.25, 0.3) is 0 Å². The van der Waals surface area contributed by atoms with E-state index in [0.29, 0.717) is 25.9 Å². The van der Waals surface area contributed by atoms with Gasteiger partial charge in [-0.3, -0.25) is 4.90 Å². The van der Waals surface area contributed by atoms with Gasteiger partial charge in [0.1, 0.15) is 0 Å². The van der Waals surface area contributed by atoms with Gasteiger partial charge in [-0.15, -0.1) is 6.58 Å². The summed E-state index contributed by atoms with van der Waals surface area (Å²) in [6.07, 6.45) is 2.86. The summed E-state index contributed by atoms with van der Waals surface area (Å²) in [6, 6.07) is 6.32. The standard InChI is InChI=1S/C17H24F2N2/c1-3-9-21-10-7-15(8-11-21)17(18,19)16-6-4-5-14(12-16)13(2)20/h3-6,12-13,15H,1,7-11,20H2,2H3. The van der Waals surface area contributed by atoms with Gasteiger partial charge in [-0.2, -0.15) is 0 Å². The molecule has 1 saturated heterocycles. The Balaban J connectivity index is 2.11. The van der Waals surface area contributed by atoms with Crippen molar-refractivity contribution >= 4 is 0 Å². The van der Waals surface area contributed by atoms with Gasteiger partial charge in [0.15, 0.2) is 0 Å². The van der Waals surface area contributed by atoms with E-state index in [9.17, 15) is 8.78 Å². The molecule has 0 aliphatic carbocycles. The summed E-state index contributed by atoms with van der Waals surface area (Å²) in [5.41, 5.74) is 6.65. The number of nitrogens with two attached hydrogens (primary N) is 1. The maximum absolute atomic E-state index is 14.7. The quantitative estimate of drug-likeness (QED) is 0.839. The van der Waals surface area contributed by atoms with E-state index in [0.717, 1.165) is 12.1 Å². The molecule has 0 bridgehead atoms. The summed E-state index contributed by atoms with van der Waals surface area (Å²) >= 11 is 0. The molecule has 1 aliphatic rings. The lowest BCUT2D eigenvalue weighted by atomic mass is 9.85. The lowest BCUT2D eigenvalue weighted by molar-refractivity contribution is -0.0847. The number of rotatable bonds is 5. The molecule has 1 aromatic carbocycles. The van der Waals surface area contributed by atoms with Crippen molar-refractivity contribution in [3.63, 3.8) is 0 Å². The van der Waals surface area contributed by atoms with Crippen LogP contribution in [0.3, 0.4) is 0 Å². The Kier molecular flexibility index (Phi) is 5.12. The normalized spacial score (nSPS) is 19.4. The molecule has 2 rings (SSSR count). The fourth-order valence-corrected chi connectivity index (χ4v) is 2.93. The van der Waals surface area contributed by atoms with Gasteiger partial charge >= 0.3 is 0 Å². The molecule has 0 saturated carbocycles. The number of piperidine rings is 1. The molecule has 21 heavy (non-hydrogen) atoms. The van der Waals surface area contributed by atoms with E-state index in [1.807, 2.05) is 13.0 Å². The molecule has 1 atom stereocenters. The van der Waals surface area contributed by atoms with Gasteiger partial charge in [0.25, 0.3) is 5.92 Å². The monoisotopic (exact) mass is 294 g/mol. The van der Waals surface area contributed by atoms with Crippen molar-refractivity contribution in [1.29, 1.82) is 0 Å². The lowest BCUT2D eigenvalue weighted by Gasteiger charge is -2.35. The third-order valence-electron chi connectivity index (χ3n) is 4.28. The van der Waals surface area contributed by atoms with Crippen LogP contribution in [0.15, 0.2) is 36.9 Å². The SMILES string of the molecule is C=CCN1CCC(C(F)(F)c2cccc(C(C)N)c2)CC1. The second-order valence-corrected chi connectivity index (χ2v) is 5.90. The van der Waals surface area contributed by atoms with Gasteiger partial charge < -0.3 is 5.73 Å². The van der Waals surface area contributed by atoms with Gasteiger partial charge in [0.2, 0.25) is 0 Å². The third-order valence-corrected chi connectivity index (χ3v) is 4.28. The molecule has 0 spiro atoms. The molecule has 4 heteroatoms. The van der Waals surface area contributed by atoms with E-state index in [1.54, 1.807) is 18.2 Å². The first-order valence-electron chi connectivity index (χ1n) is 7.52. The zero-order valence-electron chi connectivity index (χ0n) is 12.6. The van der Waals surface area contributed by atoms with Crippen LogP contribution in [0.1, 0.15) is 36.9 Å². The Morgan fingerprint density at radius 3 is 2.67 bits per heavy atom. The number of hydrogen-bond acceptors (Lipinski definition) is 2. The van der Waals surface area contributed by atoms with Gasteiger partial charge in [0.05, 0.1) is 0 Å². The van der Waals surface area contributed by atoms with E-state index in [2.05, 4.69) is 11.5 Å². The van der Waals surface area contributed by atoms with E-state index in [1.165, 1.54) is 6.07 Å². The van der Waals surface area contributed by atoms with Crippen LogP contribution in [-0.4, -0.2) is 24.5 Å². The maximum Gasteiger partial charge on any atom is 0.276 e. The summed E-state index contributed by atoms with van der Waals surface area (Å²) in [6.45, 7) is 7.70. The average Bonchev–Trinajstić information content (AvgIpc) is 2.48. The number of hydrogen-bond donors (Lipinski definition) is 1. The van der Waals surface area contributed by atoms with Gasteiger partial charge in [-0.05, 0) is 44.5 Å². The first-order chi connectivity index (χ1) is 9.95.